The Labute approximate surface area is 212 Å². The molecule has 1 fully saturated rings. The van der Waals surface area contributed by atoms with E-state index in [0.717, 1.165) is 18.9 Å². The fourth-order valence-electron chi connectivity index (χ4n) is 4.52. The van der Waals surface area contributed by atoms with E-state index in [2.05, 4.69) is 26.0 Å². The summed E-state index contributed by atoms with van der Waals surface area (Å²) < 4.78 is 31.5. The molecule has 6 N–H and O–H groups in total. The number of nitrogens with zero attached hydrogens (tertiary/aromatic N) is 4. The lowest BCUT2D eigenvalue weighted by atomic mass is 10.0. The summed E-state index contributed by atoms with van der Waals surface area (Å²) in [4.78, 5) is 29.4. The summed E-state index contributed by atoms with van der Waals surface area (Å²) in [6.07, 6.45) is 1.02. The van der Waals surface area contributed by atoms with Crippen molar-refractivity contribution >= 4 is 46.0 Å². The van der Waals surface area contributed by atoms with Gasteiger partial charge in [-0.3, -0.25) is 9.48 Å². The monoisotopic (exact) mass is 516 g/mol. The van der Waals surface area contributed by atoms with Crippen molar-refractivity contribution in [2.75, 3.05) is 29.6 Å². The molecule has 1 aliphatic rings. The quantitative estimate of drug-likeness (QED) is 0.275. The van der Waals surface area contributed by atoms with Crippen LogP contribution in [0.3, 0.4) is 0 Å². The Balaban J connectivity index is 1.73. The SMILES string of the molecule is CC[C@H](NC(=O)O)[C@H](Nc1nc(Nc2cc(F)c3c(c2)c(N(C)C)nn3C)c(C(N)=O)cc1F)C1CC1. The zero-order valence-corrected chi connectivity index (χ0v) is 21.0. The number of anilines is 4. The summed E-state index contributed by atoms with van der Waals surface area (Å²) in [6, 6.07) is 2.94. The third-order valence-electron chi connectivity index (χ3n) is 6.42. The number of carbonyl (C=O) groups excluding carboxylic acids is 1. The number of aryl methyl sites for hydroxylation is 1. The molecule has 198 valence electrons. The maximum absolute atomic E-state index is 15.0. The van der Waals surface area contributed by atoms with Crippen LogP contribution >= 0.6 is 0 Å². The predicted octanol–water partition coefficient (Wildman–Crippen LogP) is 3.39. The molecule has 1 saturated carbocycles. The van der Waals surface area contributed by atoms with Crippen LogP contribution < -0.4 is 26.6 Å². The number of pyridine rings is 1. The van der Waals surface area contributed by atoms with Gasteiger partial charge in [-0.1, -0.05) is 6.92 Å². The lowest BCUT2D eigenvalue weighted by Crippen LogP contribution is -2.47. The third kappa shape index (κ3) is 5.34. The summed E-state index contributed by atoms with van der Waals surface area (Å²) in [7, 11) is 5.20. The van der Waals surface area contributed by atoms with Gasteiger partial charge in [0.25, 0.3) is 5.91 Å². The molecule has 0 unspecified atom stereocenters. The van der Waals surface area contributed by atoms with E-state index in [1.54, 1.807) is 32.1 Å². The molecular formula is C24H30F2N8O3. The fourth-order valence-corrected chi connectivity index (χ4v) is 4.52. The third-order valence-corrected chi connectivity index (χ3v) is 6.42. The van der Waals surface area contributed by atoms with Gasteiger partial charge in [0.2, 0.25) is 0 Å². The molecule has 2 atom stereocenters. The molecule has 1 aliphatic carbocycles. The molecule has 13 heteroatoms. The molecule has 2 amide bonds. The highest BCUT2D eigenvalue weighted by molar-refractivity contribution is 5.99. The Morgan fingerprint density at radius 3 is 2.49 bits per heavy atom. The van der Waals surface area contributed by atoms with Crippen molar-refractivity contribution in [2.45, 2.75) is 38.3 Å². The summed E-state index contributed by atoms with van der Waals surface area (Å²) >= 11 is 0. The van der Waals surface area contributed by atoms with Crippen LogP contribution in [0.25, 0.3) is 10.9 Å². The van der Waals surface area contributed by atoms with Crippen LogP contribution in [-0.4, -0.2) is 58.1 Å². The topological polar surface area (TPSA) is 150 Å². The first kappa shape index (κ1) is 25.9. The number of nitrogens with two attached hydrogens (primary N) is 1. The first-order chi connectivity index (χ1) is 17.5. The number of primary amides is 1. The summed E-state index contributed by atoms with van der Waals surface area (Å²) in [5.74, 6) is -1.87. The first-order valence-corrected chi connectivity index (χ1v) is 11.9. The Morgan fingerprint density at radius 2 is 1.92 bits per heavy atom. The van der Waals surface area contributed by atoms with Gasteiger partial charge in [-0.15, -0.1) is 0 Å². The molecule has 0 spiro atoms. The molecule has 0 radical (unpaired) electrons. The number of nitrogens with one attached hydrogen (secondary N) is 3. The van der Waals surface area contributed by atoms with E-state index in [-0.39, 0.29) is 28.8 Å². The van der Waals surface area contributed by atoms with E-state index in [9.17, 15) is 14.7 Å². The molecule has 3 aromatic rings. The Morgan fingerprint density at radius 1 is 1.22 bits per heavy atom. The second-order valence-corrected chi connectivity index (χ2v) is 9.37. The van der Waals surface area contributed by atoms with Crippen molar-refractivity contribution in [2.24, 2.45) is 18.7 Å². The van der Waals surface area contributed by atoms with E-state index < -0.39 is 35.7 Å². The van der Waals surface area contributed by atoms with Crippen LogP contribution in [0.1, 0.15) is 36.5 Å². The van der Waals surface area contributed by atoms with E-state index >= 15 is 8.78 Å². The molecule has 0 bridgehead atoms. The Bertz CT molecular complexity index is 1360. The van der Waals surface area contributed by atoms with E-state index in [0.29, 0.717) is 23.1 Å². The average molecular weight is 517 g/mol. The molecule has 4 rings (SSSR count). The predicted molar refractivity (Wildman–Crippen MR) is 136 cm³/mol. The molecule has 11 nitrogen and oxygen atoms in total. The van der Waals surface area contributed by atoms with Gasteiger partial charge < -0.3 is 31.7 Å². The first-order valence-electron chi connectivity index (χ1n) is 11.9. The van der Waals surface area contributed by atoms with Crippen LogP contribution in [0.4, 0.5) is 36.7 Å². The molecule has 0 aliphatic heterocycles. The van der Waals surface area contributed by atoms with Crippen molar-refractivity contribution in [3.05, 3.63) is 35.4 Å². The number of fused-ring (bicyclic) bond motifs is 1. The van der Waals surface area contributed by atoms with E-state index in [4.69, 9.17) is 5.73 Å². The number of amides is 2. The van der Waals surface area contributed by atoms with Gasteiger partial charge >= 0.3 is 6.09 Å². The minimum Gasteiger partial charge on any atom is -0.465 e. The van der Waals surface area contributed by atoms with Crippen LogP contribution in [0.5, 0.6) is 0 Å². The van der Waals surface area contributed by atoms with Crippen molar-refractivity contribution < 1.29 is 23.5 Å². The summed E-state index contributed by atoms with van der Waals surface area (Å²) in [5.41, 5.74) is 5.81. The van der Waals surface area contributed by atoms with Crippen LogP contribution in [0.2, 0.25) is 0 Å². The number of hydrogen-bond acceptors (Lipinski definition) is 7. The molecule has 1 aromatic carbocycles. The zero-order chi connectivity index (χ0) is 27.0. The van der Waals surface area contributed by atoms with Crippen LogP contribution in [-0.2, 0) is 7.05 Å². The zero-order valence-electron chi connectivity index (χ0n) is 21.0. The van der Waals surface area contributed by atoms with Gasteiger partial charge in [0.15, 0.2) is 23.3 Å². The number of carboxylic acid groups (broad SMARTS) is 1. The van der Waals surface area contributed by atoms with Crippen LogP contribution in [0.15, 0.2) is 18.2 Å². The smallest absolute Gasteiger partial charge is 0.404 e. The second kappa shape index (κ2) is 10.1. The molecular weight excluding hydrogens is 486 g/mol. The summed E-state index contributed by atoms with van der Waals surface area (Å²) in [5, 5.41) is 22.5. The van der Waals surface area contributed by atoms with Gasteiger partial charge in [0, 0.05) is 32.2 Å². The average Bonchev–Trinajstić information content (AvgIpc) is 3.59. The lowest BCUT2D eigenvalue weighted by molar-refractivity contribution is 0.1000. The molecule has 2 heterocycles. The fraction of sp³-hybridized carbons (Fsp3) is 0.417. The normalized spacial score (nSPS) is 14.8. The molecule has 0 saturated heterocycles. The lowest BCUT2D eigenvalue weighted by Gasteiger charge is -2.28. The number of halogens is 2. The highest BCUT2D eigenvalue weighted by Crippen LogP contribution is 2.37. The number of aromatic nitrogens is 3. The van der Waals surface area contributed by atoms with Crippen LogP contribution in [0, 0.1) is 17.6 Å². The maximum atomic E-state index is 15.0. The Kier molecular flexibility index (Phi) is 7.05. The van der Waals surface area contributed by atoms with Crippen molar-refractivity contribution in [3.8, 4) is 0 Å². The van der Waals surface area contributed by atoms with Gasteiger partial charge in [-0.25, -0.2) is 18.6 Å². The number of carbonyl (C=O) groups is 2. The molecule has 2 aromatic heterocycles. The molecule has 37 heavy (non-hydrogen) atoms. The minimum atomic E-state index is -1.18. The van der Waals surface area contributed by atoms with Crippen molar-refractivity contribution in [1.29, 1.82) is 0 Å². The van der Waals surface area contributed by atoms with Crippen molar-refractivity contribution in [1.82, 2.24) is 20.1 Å². The minimum absolute atomic E-state index is 0.0702. The number of rotatable bonds is 10. The largest absolute Gasteiger partial charge is 0.465 e. The highest BCUT2D eigenvalue weighted by atomic mass is 19.1. The second-order valence-electron chi connectivity index (χ2n) is 9.37. The van der Waals surface area contributed by atoms with E-state index in [1.165, 1.54) is 10.7 Å². The van der Waals surface area contributed by atoms with Gasteiger partial charge in [-0.2, -0.15) is 5.10 Å². The maximum Gasteiger partial charge on any atom is 0.404 e. The van der Waals surface area contributed by atoms with Crippen molar-refractivity contribution in [3.63, 3.8) is 0 Å². The summed E-state index contributed by atoms with van der Waals surface area (Å²) in [6.45, 7) is 1.83. The van der Waals surface area contributed by atoms with Gasteiger partial charge in [0.05, 0.1) is 17.6 Å². The number of hydrogen-bond donors (Lipinski definition) is 5. The van der Waals surface area contributed by atoms with E-state index in [1.807, 2.05) is 6.92 Å². The highest BCUT2D eigenvalue weighted by Gasteiger charge is 2.37. The van der Waals surface area contributed by atoms with Gasteiger partial charge in [-0.05, 0) is 43.4 Å². The number of benzene rings is 1. The Hall–Kier alpha value is -4.16. The standard InChI is InChI=1S/C24H30F2N8O3/c1-5-17(29-24(36)37)18(11-6-7-11)30-22-16(26)10-14(20(27)35)21(31-22)28-12-8-13-19(15(25)9-12)34(4)32-23(13)33(2)3/h8-11,17-18,29H,5-7H2,1-4H3,(H2,27,35)(H,36,37)(H2,28,30,31)/t17-,18+/m0/s1. The van der Waals surface area contributed by atoms with Gasteiger partial charge in [0.1, 0.15) is 11.3 Å².